The second kappa shape index (κ2) is 7.18. The van der Waals surface area contributed by atoms with Crippen molar-refractivity contribution >= 4 is 33.3 Å². The molecule has 0 atom stereocenters. The molecule has 0 amide bonds. The third-order valence-corrected chi connectivity index (χ3v) is 5.29. The number of methoxy groups -OCH3 is 1. The first kappa shape index (κ1) is 17.3. The number of aromatic amines is 1. The van der Waals surface area contributed by atoms with E-state index >= 15 is 0 Å². The number of nitrogens with zero attached hydrogens (tertiary/aromatic N) is 3. The predicted octanol–water partition coefficient (Wildman–Crippen LogP) is 3.17. The lowest BCUT2D eigenvalue weighted by molar-refractivity contribution is 0.0605. The van der Waals surface area contributed by atoms with Crippen LogP contribution >= 0.6 is 11.3 Å². The van der Waals surface area contributed by atoms with Crippen LogP contribution < -0.4 is 5.32 Å². The highest BCUT2D eigenvalue weighted by atomic mass is 32.1. The molecule has 0 saturated heterocycles. The molecule has 3 rings (SSSR count). The molecule has 8 heteroatoms. The summed E-state index contributed by atoms with van der Waals surface area (Å²) in [6.07, 6.45) is 3.77. The van der Waals surface area contributed by atoms with E-state index in [1.807, 2.05) is 27.0 Å². The average molecular weight is 359 g/mol. The number of fused-ring (bicyclic) bond motifs is 1. The van der Waals surface area contributed by atoms with Crippen molar-refractivity contribution in [1.82, 2.24) is 20.2 Å². The topological polar surface area (TPSA) is 92.8 Å². The van der Waals surface area contributed by atoms with Gasteiger partial charge in [0.05, 0.1) is 18.7 Å². The van der Waals surface area contributed by atoms with E-state index < -0.39 is 0 Å². The molecule has 0 aromatic carbocycles. The van der Waals surface area contributed by atoms with Crippen LogP contribution in [0.15, 0.2) is 6.20 Å². The number of rotatable bonds is 6. The summed E-state index contributed by atoms with van der Waals surface area (Å²) >= 11 is 1.35. The molecule has 0 aliphatic heterocycles. The van der Waals surface area contributed by atoms with Gasteiger partial charge in [-0.3, -0.25) is 5.10 Å². The molecular formula is C17H21N5O2S. The van der Waals surface area contributed by atoms with Crippen LogP contribution in [0.4, 0.5) is 5.82 Å². The van der Waals surface area contributed by atoms with Crippen molar-refractivity contribution in [1.29, 1.82) is 0 Å². The number of nitrogens with one attached hydrogen (secondary N) is 2. The molecule has 0 unspecified atom stereocenters. The monoisotopic (exact) mass is 359 g/mol. The van der Waals surface area contributed by atoms with Crippen molar-refractivity contribution in [3.8, 4) is 0 Å². The first-order chi connectivity index (χ1) is 12.0. The maximum absolute atomic E-state index is 11.9. The molecule has 0 aliphatic rings. The van der Waals surface area contributed by atoms with E-state index in [9.17, 15) is 4.79 Å². The fourth-order valence-corrected chi connectivity index (χ4v) is 3.92. The van der Waals surface area contributed by atoms with Crippen LogP contribution in [0.2, 0.25) is 0 Å². The Labute approximate surface area is 149 Å². The Hall–Kier alpha value is -2.48. The summed E-state index contributed by atoms with van der Waals surface area (Å²) in [6.45, 7) is 6.56. The highest BCUT2D eigenvalue weighted by Crippen LogP contribution is 2.34. The minimum atomic E-state index is -0.334. The molecule has 0 saturated carbocycles. The third kappa shape index (κ3) is 3.48. The number of H-pyrrole nitrogens is 1. The molecule has 132 valence electrons. The number of hydrogen-bond donors (Lipinski definition) is 2. The van der Waals surface area contributed by atoms with Crippen molar-refractivity contribution in [2.45, 2.75) is 33.6 Å². The molecule has 25 heavy (non-hydrogen) atoms. The highest BCUT2D eigenvalue weighted by Gasteiger charge is 2.20. The second-order valence-electron chi connectivity index (χ2n) is 5.90. The zero-order valence-corrected chi connectivity index (χ0v) is 15.6. The molecule has 3 heterocycles. The summed E-state index contributed by atoms with van der Waals surface area (Å²) in [6, 6.07) is 0. The molecule has 0 bridgehead atoms. The Bertz CT molecular complexity index is 915. The van der Waals surface area contributed by atoms with Gasteiger partial charge >= 0.3 is 5.97 Å². The number of aromatic nitrogens is 4. The summed E-state index contributed by atoms with van der Waals surface area (Å²) in [7, 11) is 1.39. The number of ether oxygens (including phenoxy) is 1. The van der Waals surface area contributed by atoms with Crippen LogP contribution in [0.3, 0.4) is 0 Å². The van der Waals surface area contributed by atoms with Gasteiger partial charge in [0.15, 0.2) is 0 Å². The van der Waals surface area contributed by atoms with Gasteiger partial charge in [-0.15, -0.1) is 11.3 Å². The predicted molar refractivity (Wildman–Crippen MR) is 98.4 cm³/mol. The Kier molecular flexibility index (Phi) is 4.98. The molecule has 2 N–H and O–H groups in total. The maximum atomic E-state index is 11.9. The van der Waals surface area contributed by atoms with Gasteiger partial charge in [0.25, 0.3) is 0 Å². The SMILES string of the molecule is COC(=O)c1sc2nc(C)nc(NCCCc3cn[nH]c3C)c2c1C. The number of aryl methyl sites for hydroxylation is 4. The van der Waals surface area contributed by atoms with E-state index in [-0.39, 0.29) is 5.97 Å². The minimum Gasteiger partial charge on any atom is -0.465 e. The third-order valence-electron chi connectivity index (χ3n) is 4.12. The summed E-state index contributed by atoms with van der Waals surface area (Å²) in [4.78, 5) is 22.3. The van der Waals surface area contributed by atoms with Gasteiger partial charge in [-0.1, -0.05) is 0 Å². The smallest absolute Gasteiger partial charge is 0.348 e. The van der Waals surface area contributed by atoms with E-state index in [4.69, 9.17) is 4.74 Å². The van der Waals surface area contributed by atoms with Crippen molar-refractivity contribution in [3.05, 3.63) is 33.7 Å². The van der Waals surface area contributed by atoms with E-state index in [1.165, 1.54) is 24.0 Å². The Morgan fingerprint density at radius 1 is 1.32 bits per heavy atom. The Balaban J connectivity index is 1.79. The van der Waals surface area contributed by atoms with Crippen molar-refractivity contribution in [3.63, 3.8) is 0 Å². The summed E-state index contributed by atoms with van der Waals surface area (Å²) in [5.74, 6) is 1.12. The Morgan fingerprint density at radius 3 is 2.80 bits per heavy atom. The van der Waals surface area contributed by atoms with Gasteiger partial charge in [-0.25, -0.2) is 14.8 Å². The largest absolute Gasteiger partial charge is 0.465 e. The van der Waals surface area contributed by atoms with Gasteiger partial charge in [-0.2, -0.15) is 5.10 Å². The first-order valence-corrected chi connectivity index (χ1v) is 8.91. The van der Waals surface area contributed by atoms with Gasteiger partial charge in [-0.05, 0) is 44.7 Å². The Morgan fingerprint density at radius 2 is 2.12 bits per heavy atom. The van der Waals surface area contributed by atoms with Crippen LogP contribution in [0.1, 0.15) is 38.7 Å². The van der Waals surface area contributed by atoms with Crippen molar-refractivity contribution in [2.24, 2.45) is 0 Å². The van der Waals surface area contributed by atoms with Gasteiger partial charge in [0.2, 0.25) is 0 Å². The van der Waals surface area contributed by atoms with E-state index in [2.05, 4.69) is 25.5 Å². The summed E-state index contributed by atoms with van der Waals surface area (Å²) in [5.41, 5.74) is 3.20. The van der Waals surface area contributed by atoms with E-state index in [0.717, 1.165) is 46.7 Å². The van der Waals surface area contributed by atoms with Crippen LogP contribution in [-0.4, -0.2) is 39.8 Å². The lowest BCUT2D eigenvalue weighted by atomic mass is 10.1. The number of esters is 1. The molecule has 0 radical (unpaired) electrons. The number of hydrogen-bond acceptors (Lipinski definition) is 7. The zero-order valence-electron chi connectivity index (χ0n) is 14.8. The lowest BCUT2D eigenvalue weighted by Crippen LogP contribution is -2.07. The van der Waals surface area contributed by atoms with Crippen LogP contribution in [0.5, 0.6) is 0 Å². The normalized spacial score (nSPS) is 11.0. The zero-order chi connectivity index (χ0) is 18.0. The molecular weight excluding hydrogens is 338 g/mol. The highest BCUT2D eigenvalue weighted by molar-refractivity contribution is 7.20. The van der Waals surface area contributed by atoms with E-state index in [0.29, 0.717) is 10.7 Å². The minimum absolute atomic E-state index is 0.334. The molecule has 3 aromatic rings. The van der Waals surface area contributed by atoms with Crippen molar-refractivity contribution < 1.29 is 9.53 Å². The van der Waals surface area contributed by atoms with Gasteiger partial charge in [0.1, 0.15) is 21.3 Å². The number of carbonyl (C=O) groups excluding carboxylic acids is 1. The van der Waals surface area contributed by atoms with Crippen LogP contribution in [0, 0.1) is 20.8 Å². The second-order valence-corrected chi connectivity index (χ2v) is 6.90. The van der Waals surface area contributed by atoms with Gasteiger partial charge < -0.3 is 10.1 Å². The first-order valence-electron chi connectivity index (χ1n) is 8.10. The molecule has 3 aromatic heterocycles. The number of thiophene rings is 1. The fourth-order valence-electron chi connectivity index (χ4n) is 2.77. The standard InChI is InChI=1S/C17H21N5O2S/c1-9-13-15(18-7-5-6-12-8-19-22-10(12)2)20-11(3)21-16(13)25-14(9)17(23)24-4/h8H,5-7H2,1-4H3,(H,19,22)(H,18,20,21). The molecule has 7 nitrogen and oxygen atoms in total. The molecule has 0 aliphatic carbocycles. The maximum Gasteiger partial charge on any atom is 0.348 e. The quantitative estimate of drug-likeness (QED) is 0.519. The average Bonchev–Trinajstić information content (AvgIpc) is 3.14. The van der Waals surface area contributed by atoms with E-state index in [1.54, 1.807) is 0 Å². The number of carbonyl (C=O) groups is 1. The molecule has 0 spiro atoms. The lowest BCUT2D eigenvalue weighted by Gasteiger charge is -2.08. The summed E-state index contributed by atoms with van der Waals surface area (Å²) in [5, 5.41) is 11.3. The van der Waals surface area contributed by atoms with Crippen LogP contribution in [-0.2, 0) is 11.2 Å². The fraction of sp³-hybridized carbons (Fsp3) is 0.412. The summed E-state index contributed by atoms with van der Waals surface area (Å²) < 4.78 is 4.86. The van der Waals surface area contributed by atoms with Crippen LogP contribution in [0.25, 0.3) is 10.2 Å². The number of anilines is 1. The van der Waals surface area contributed by atoms with Crippen molar-refractivity contribution in [2.75, 3.05) is 19.0 Å². The molecule has 0 fully saturated rings. The van der Waals surface area contributed by atoms with Gasteiger partial charge in [0, 0.05) is 12.2 Å².